The van der Waals surface area contributed by atoms with Crippen molar-refractivity contribution in [1.82, 2.24) is 10.3 Å². The average Bonchev–Trinajstić information content (AvgIpc) is 2.22. The lowest BCUT2D eigenvalue weighted by molar-refractivity contribution is -0.154. The third-order valence-electron chi connectivity index (χ3n) is 2.36. The molecule has 0 aliphatic carbocycles. The maximum atomic E-state index is 12.0. The van der Waals surface area contributed by atoms with Gasteiger partial charge >= 0.3 is 6.18 Å². The van der Waals surface area contributed by atoms with E-state index in [1.165, 1.54) is 6.07 Å². The molecule has 0 spiro atoms. The van der Waals surface area contributed by atoms with Gasteiger partial charge in [-0.05, 0) is 33.3 Å². The van der Waals surface area contributed by atoms with E-state index in [9.17, 15) is 13.2 Å². The summed E-state index contributed by atoms with van der Waals surface area (Å²) in [6, 6.07) is 3.19. The zero-order chi connectivity index (χ0) is 14.7. The van der Waals surface area contributed by atoms with Crippen molar-refractivity contribution in [2.24, 2.45) is 0 Å². The summed E-state index contributed by atoms with van der Waals surface area (Å²) in [6.45, 7) is 7.16. The van der Waals surface area contributed by atoms with Crippen LogP contribution in [-0.2, 0) is 6.54 Å². The number of aromatic nitrogens is 1. The molecular weight excluding hydrogens is 257 g/mol. The first-order chi connectivity index (χ1) is 8.57. The molecule has 0 atom stereocenters. The van der Waals surface area contributed by atoms with E-state index in [1.54, 1.807) is 13.0 Å². The molecule has 19 heavy (non-hydrogen) atoms. The van der Waals surface area contributed by atoms with Gasteiger partial charge in [-0.15, -0.1) is 0 Å². The molecule has 3 nitrogen and oxygen atoms in total. The predicted octanol–water partition coefficient (Wildman–Crippen LogP) is 3.22. The SMILES string of the molecule is Cc1nc(OCC(F)(F)F)ccc1CNC(C)(C)C. The highest BCUT2D eigenvalue weighted by molar-refractivity contribution is 5.25. The number of pyridine rings is 1. The van der Waals surface area contributed by atoms with Crippen molar-refractivity contribution in [1.29, 1.82) is 0 Å². The molecule has 6 heteroatoms. The van der Waals surface area contributed by atoms with Crippen LogP contribution in [0, 0.1) is 6.92 Å². The second-order valence-corrected chi connectivity index (χ2v) is 5.40. The number of alkyl halides is 3. The maximum absolute atomic E-state index is 12.0. The molecule has 0 unspecified atom stereocenters. The lowest BCUT2D eigenvalue weighted by Crippen LogP contribution is -2.35. The summed E-state index contributed by atoms with van der Waals surface area (Å²) >= 11 is 0. The van der Waals surface area contributed by atoms with Crippen LogP contribution in [0.1, 0.15) is 32.0 Å². The second-order valence-electron chi connectivity index (χ2n) is 5.40. The summed E-state index contributed by atoms with van der Waals surface area (Å²) in [6.07, 6.45) is -4.35. The molecule has 1 aromatic heterocycles. The fourth-order valence-corrected chi connectivity index (χ4v) is 1.35. The van der Waals surface area contributed by atoms with E-state index in [2.05, 4.69) is 15.0 Å². The first-order valence-corrected chi connectivity index (χ1v) is 5.98. The zero-order valence-corrected chi connectivity index (χ0v) is 11.6. The fraction of sp³-hybridized carbons (Fsp3) is 0.615. The Bertz CT molecular complexity index is 425. The van der Waals surface area contributed by atoms with Crippen molar-refractivity contribution in [3.8, 4) is 5.88 Å². The van der Waals surface area contributed by atoms with E-state index < -0.39 is 12.8 Å². The van der Waals surface area contributed by atoms with Crippen LogP contribution < -0.4 is 10.1 Å². The normalized spacial score (nSPS) is 12.6. The van der Waals surface area contributed by atoms with Gasteiger partial charge in [0.05, 0.1) is 0 Å². The molecule has 1 rings (SSSR count). The van der Waals surface area contributed by atoms with E-state index in [0.717, 1.165) is 5.56 Å². The van der Waals surface area contributed by atoms with Crippen molar-refractivity contribution < 1.29 is 17.9 Å². The lowest BCUT2D eigenvalue weighted by atomic mass is 10.1. The molecule has 0 amide bonds. The number of aryl methyl sites for hydroxylation is 1. The second kappa shape index (κ2) is 5.77. The Kier molecular flexibility index (Phi) is 4.79. The molecule has 0 fully saturated rings. The molecule has 1 aromatic rings. The third kappa shape index (κ3) is 6.42. The Morgan fingerprint density at radius 1 is 1.21 bits per heavy atom. The quantitative estimate of drug-likeness (QED) is 0.917. The minimum absolute atomic E-state index is 0.00525. The van der Waals surface area contributed by atoms with E-state index >= 15 is 0 Å². The third-order valence-corrected chi connectivity index (χ3v) is 2.36. The number of nitrogens with one attached hydrogen (secondary N) is 1. The summed E-state index contributed by atoms with van der Waals surface area (Å²) in [5.41, 5.74) is 1.57. The van der Waals surface area contributed by atoms with Gasteiger partial charge in [0.1, 0.15) is 0 Å². The Labute approximate surface area is 111 Å². The van der Waals surface area contributed by atoms with Crippen LogP contribution in [0.4, 0.5) is 13.2 Å². The standard InChI is InChI=1S/C13H19F3N2O/c1-9-10(7-17-12(2,3)4)5-6-11(18-9)19-8-13(14,15)16/h5-6,17H,7-8H2,1-4H3. The molecule has 0 aliphatic rings. The number of hydrogen-bond acceptors (Lipinski definition) is 3. The van der Waals surface area contributed by atoms with Gasteiger partial charge in [0.2, 0.25) is 5.88 Å². The van der Waals surface area contributed by atoms with Gasteiger partial charge in [0.15, 0.2) is 6.61 Å². The van der Waals surface area contributed by atoms with Crippen LogP contribution in [0.2, 0.25) is 0 Å². The minimum atomic E-state index is -4.35. The Balaban J connectivity index is 2.64. The van der Waals surface area contributed by atoms with Crippen molar-refractivity contribution >= 4 is 0 Å². The van der Waals surface area contributed by atoms with Crippen LogP contribution in [0.15, 0.2) is 12.1 Å². The summed E-state index contributed by atoms with van der Waals surface area (Å²) in [7, 11) is 0. The van der Waals surface area contributed by atoms with Crippen molar-refractivity contribution in [3.05, 3.63) is 23.4 Å². The molecule has 1 heterocycles. The summed E-state index contributed by atoms with van der Waals surface area (Å²) < 4.78 is 40.6. The highest BCUT2D eigenvalue weighted by Gasteiger charge is 2.28. The van der Waals surface area contributed by atoms with Gasteiger partial charge < -0.3 is 10.1 Å². The molecule has 0 saturated carbocycles. The lowest BCUT2D eigenvalue weighted by Gasteiger charge is -2.21. The molecule has 0 aromatic carbocycles. The van der Waals surface area contributed by atoms with Gasteiger partial charge in [-0.25, -0.2) is 4.98 Å². The highest BCUT2D eigenvalue weighted by Crippen LogP contribution is 2.18. The topological polar surface area (TPSA) is 34.1 Å². The van der Waals surface area contributed by atoms with Crippen molar-refractivity contribution in [2.75, 3.05) is 6.61 Å². The first-order valence-electron chi connectivity index (χ1n) is 5.98. The first kappa shape index (κ1) is 15.8. The van der Waals surface area contributed by atoms with Gasteiger partial charge in [0.25, 0.3) is 0 Å². The Hall–Kier alpha value is -1.30. The number of ether oxygens (including phenoxy) is 1. The van der Waals surface area contributed by atoms with Gasteiger partial charge in [-0.2, -0.15) is 13.2 Å². The molecular formula is C13H19F3N2O. The highest BCUT2D eigenvalue weighted by atomic mass is 19.4. The molecule has 0 bridgehead atoms. The Morgan fingerprint density at radius 2 is 1.84 bits per heavy atom. The summed E-state index contributed by atoms with van der Waals surface area (Å²) in [4.78, 5) is 4.01. The molecule has 0 saturated heterocycles. The van der Waals surface area contributed by atoms with E-state index in [0.29, 0.717) is 12.2 Å². The maximum Gasteiger partial charge on any atom is 0.422 e. The zero-order valence-electron chi connectivity index (χ0n) is 11.6. The summed E-state index contributed by atoms with van der Waals surface area (Å²) in [5.74, 6) is -0.00525. The van der Waals surface area contributed by atoms with Crippen LogP contribution in [0.5, 0.6) is 5.88 Å². The monoisotopic (exact) mass is 276 g/mol. The van der Waals surface area contributed by atoms with E-state index in [4.69, 9.17) is 0 Å². The molecule has 108 valence electrons. The molecule has 0 aliphatic heterocycles. The van der Waals surface area contributed by atoms with E-state index in [-0.39, 0.29) is 11.4 Å². The van der Waals surface area contributed by atoms with E-state index in [1.807, 2.05) is 20.8 Å². The minimum Gasteiger partial charge on any atom is -0.468 e. The summed E-state index contributed by atoms with van der Waals surface area (Å²) in [5, 5.41) is 3.29. The molecule has 0 radical (unpaired) electrons. The van der Waals surface area contributed by atoms with Crippen molar-refractivity contribution in [3.63, 3.8) is 0 Å². The number of nitrogens with zero attached hydrogens (tertiary/aromatic N) is 1. The largest absolute Gasteiger partial charge is 0.468 e. The smallest absolute Gasteiger partial charge is 0.422 e. The van der Waals surface area contributed by atoms with Crippen LogP contribution in [-0.4, -0.2) is 23.3 Å². The predicted molar refractivity (Wildman–Crippen MR) is 67.1 cm³/mol. The van der Waals surface area contributed by atoms with Crippen LogP contribution in [0.3, 0.4) is 0 Å². The number of halogens is 3. The van der Waals surface area contributed by atoms with Crippen LogP contribution >= 0.6 is 0 Å². The van der Waals surface area contributed by atoms with Gasteiger partial charge in [-0.3, -0.25) is 0 Å². The van der Waals surface area contributed by atoms with Gasteiger partial charge in [0, 0.05) is 23.8 Å². The fourth-order valence-electron chi connectivity index (χ4n) is 1.35. The molecule has 1 N–H and O–H groups in total. The van der Waals surface area contributed by atoms with Crippen LogP contribution in [0.25, 0.3) is 0 Å². The van der Waals surface area contributed by atoms with Crippen molar-refractivity contribution in [2.45, 2.75) is 46.0 Å². The average molecular weight is 276 g/mol. The number of rotatable bonds is 4. The number of hydrogen-bond donors (Lipinski definition) is 1. The van der Waals surface area contributed by atoms with Gasteiger partial charge in [-0.1, -0.05) is 6.07 Å². The Morgan fingerprint density at radius 3 is 2.32 bits per heavy atom.